The Balaban J connectivity index is 2.38. The maximum absolute atomic E-state index is 11.7. The molecule has 0 bridgehead atoms. The van der Waals surface area contributed by atoms with Gasteiger partial charge in [-0.05, 0) is 6.08 Å². The predicted octanol–water partition coefficient (Wildman–Crippen LogP) is -0.613. The highest BCUT2D eigenvalue weighted by Crippen LogP contribution is 2.27. The second-order valence-corrected chi connectivity index (χ2v) is 4.41. The molecule has 8 heteroatoms. The van der Waals surface area contributed by atoms with E-state index in [0.717, 1.165) is 10.1 Å². The first-order valence-corrected chi connectivity index (χ1v) is 6.07. The van der Waals surface area contributed by atoms with Crippen molar-refractivity contribution in [2.75, 3.05) is 6.61 Å². The van der Waals surface area contributed by atoms with E-state index in [4.69, 9.17) is 21.4 Å². The van der Waals surface area contributed by atoms with Crippen LogP contribution < -0.4 is 11.2 Å². The standard InChI is InChI=1S/C11H13ClN2O5/c12-2-1-6-4-14(11(18)13-10(6)17)9-3-7(16)8(5-15)19-9/h1-2,4,7-9,15-16H,3,5H2,(H,13,17,18)/t7-,8+,9+/m0/s1. The number of nitrogens with zero attached hydrogens (tertiary/aromatic N) is 1. The van der Waals surface area contributed by atoms with Gasteiger partial charge in [-0.3, -0.25) is 14.3 Å². The number of hydrogen-bond acceptors (Lipinski definition) is 5. The van der Waals surface area contributed by atoms with E-state index >= 15 is 0 Å². The van der Waals surface area contributed by atoms with Crippen molar-refractivity contribution in [1.29, 1.82) is 0 Å². The summed E-state index contributed by atoms with van der Waals surface area (Å²) in [7, 11) is 0. The van der Waals surface area contributed by atoms with Crippen molar-refractivity contribution in [2.45, 2.75) is 24.9 Å². The van der Waals surface area contributed by atoms with Crippen molar-refractivity contribution in [1.82, 2.24) is 9.55 Å². The number of hydrogen-bond donors (Lipinski definition) is 3. The van der Waals surface area contributed by atoms with Crippen LogP contribution in [0.5, 0.6) is 0 Å². The Kier molecular flexibility index (Phi) is 4.20. The molecule has 0 spiro atoms. The summed E-state index contributed by atoms with van der Waals surface area (Å²) >= 11 is 5.40. The average molecular weight is 289 g/mol. The lowest BCUT2D eigenvalue weighted by atomic mass is 10.2. The summed E-state index contributed by atoms with van der Waals surface area (Å²) in [6, 6.07) is 0. The SMILES string of the molecule is O=c1[nH]c(=O)n([C@H]2C[C@H](O)[C@@H](CO)O2)cc1C=CCl. The number of rotatable bonds is 3. The van der Waals surface area contributed by atoms with Gasteiger partial charge in [0.15, 0.2) is 0 Å². The minimum atomic E-state index is -0.860. The normalized spacial score (nSPS) is 27.2. The highest BCUT2D eigenvalue weighted by molar-refractivity contribution is 6.27. The summed E-state index contributed by atoms with van der Waals surface area (Å²) in [5.41, 5.74) is 0.142. The zero-order valence-electron chi connectivity index (χ0n) is 9.82. The van der Waals surface area contributed by atoms with Crippen LogP contribution in [0, 0.1) is 0 Å². The van der Waals surface area contributed by atoms with Crippen LogP contribution in [0.2, 0.25) is 0 Å². The second kappa shape index (κ2) is 5.70. The summed E-state index contributed by atoms with van der Waals surface area (Å²) in [6.45, 7) is -0.343. The maximum Gasteiger partial charge on any atom is 0.330 e. The molecule has 1 aromatic heterocycles. The van der Waals surface area contributed by atoms with Gasteiger partial charge in [-0.1, -0.05) is 11.6 Å². The Hall–Kier alpha value is -1.41. The average Bonchev–Trinajstić information content (AvgIpc) is 2.74. The van der Waals surface area contributed by atoms with Crippen LogP contribution in [0.1, 0.15) is 18.2 Å². The molecule has 0 radical (unpaired) electrons. The van der Waals surface area contributed by atoms with E-state index in [-0.39, 0.29) is 18.6 Å². The van der Waals surface area contributed by atoms with Gasteiger partial charge in [-0.15, -0.1) is 0 Å². The number of aliphatic hydroxyl groups excluding tert-OH is 2. The van der Waals surface area contributed by atoms with E-state index in [1.807, 2.05) is 0 Å². The lowest BCUT2D eigenvalue weighted by molar-refractivity contribution is -0.0459. The van der Waals surface area contributed by atoms with E-state index in [0.29, 0.717) is 0 Å². The van der Waals surface area contributed by atoms with Crippen molar-refractivity contribution < 1.29 is 14.9 Å². The number of halogens is 1. The molecule has 0 aromatic carbocycles. The summed E-state index contributed by atoms with van der Waals surface area (Å²) in [5.74, 6) is 0. The van der Waals surface area contributed by atoms with Gasteiger partial charge in [0.25, 0.3) is 5.56 Å². The van der Waals surface area contributed by atoms with Crippen LogP contribution in [0.3, 0.4) is 0 Å². The molecule has 2 rings (SSSR count). The van der Waals surface area contributed by atoms with Crippen molar-refractivity contribution in [3.8, 4) is 0 Å². The Labute approximate surface area is 112 Å². The first-order chi connectivity index (χ1) is 9.06. The molecule has 1 fully saturated rings. The molecule has 0 aliphatic carbocycles. The van der Waals surface area contributed by atoms with Gasteiger partial charge in [-0.2, -0.15) is 0 Å². The van der Waals surface area contributed by atoms with E-state index < -0.39 is 29.7 Å². The lowest BCUT2D eigenvalue weighted by Crippen LogP contribution is -2.33. The zero-order valence-corrected chi connectivity index (χ0v) is 10.6. The van der Waals surface area contributed by atoms with E-state index in [2.05, 4.69) is 4.98 Å². The molecule has 0 amide bonds. The van der Waals surface area contributed by atoms with Gasteiger partial charge in [0.1, 0.15) is 12.3 Å². The fourth-order valence-electron chi connectivity index (χ4n) is 1.95. The molecular formula is C11H13ClN2O5. The first kappa shape index (κ1) is 14.0. The van der Waals surface area contributed by atoms with E-state index in [1.54, 1.807) is 0 Å². The van der Waals surface area contributed by atoms with Gasteiger partial charge < -0.3 is 14.9 Å². The topological polar surface area (TPSA) is 105 Å². The van der Waals surface area contributed by atoms with Crippen molar-refractivity contribution in [3.63, 3.8) is 0 Å². The van der Waals surface area contributed by atoms with E-state index in [1.165, 1.54) is 12.3 Å². The van der Waals surface area contributed by atoms with Crippen molar-refractivity contribution in [2.24, 2.45) is 0 Å². The third-order valence-corrected chi connectivity index (χ3v) is 3.06. The van der Waals surface area contributed by atoms with Crippen molar-refractivity contribution >= 4 is 17.7 Å². The third kappa shape index (κ3) is 2.79. The molecule has 1 saturated heterocycles. The Morgan fingerprint density at radius 1 is 1.58 bits per heavy atom. The predicted molar refractivity (Wildman–Crippen MR) is 67.8 cm³/mol. The highest BCUT2D eigenvalue weighted by atomic mass is 35.5. The number of aliphatic hydroxyl groups is 2. The first-order valence-electron chi connectivity index (χ1n) is 5.63. The molecule has 104 valence electrons. The molecule has 1 aliphatic rings. The third-order valence-electron chi connectivity index (χ3n) is 2.93. The molecule has 0 saturated carbocycles. The van der Waals surface area contributed by atoms with Gasteiger partial charge >= 0.3 is 5.69 Å². The number of H-pyrrole nitrogens is 1. The Morgan fingerprint density at radius 3 is 2.89 bits per heavy atom. The van der Waals surface area contributed by atoms with Crippen LogP contribution >= 0.6 is 11.6 Å². The van der Waals surface area contributed by atoms with Gasteiger partial charge in [0.2, 0.25) is 0 Å². The summed E-state index contributed by atoms with van der Waals surface area (Å²) in [6.07, 6.45) is 0.458. The fraction of sp³-hybridized carbons (Fsp3) is 0.455. The minimum absolute atomic E-state index is 0.154. The van der Waals surface area contributed by atoms with Gasteiger partial charge in [0.05, 0.1) is 18.3 Å². The molecule has 2 heterocycles. The molecule has 3 N–H and O–H groups in total. The Morgan fingerprint density at radius 2 is 2.32 bits per heavy atom. The smallest absolute Gasteiger partial charge is 0.330 e. The molecule has 1 aliphatic heterocycles. The summed E-state index contributed by atoms with van der Waals surface area (Å²) in [5, 5.41) is 18.6. The zero-order chi connectivity index (χ0) is 14.0. The molecule has 0 unspecified atom stereocenters. The van der Waals surface area contributed by atoms with E-state index in [9.17, 15) is 14.7 Å². The van der Waals surface area contributed by atoms with Gasteiger partial charge in [0, 0.05) is 18.2 Å². The van der Waals surface area contributed by atoms with Gasteiger partial charge in [-0.25, -0.2) is 4.79 Å². The van der Waals surface area contributed by atoms with Crippen LogP contribution in [0.25, 0.3) is 6.08 Å². The molecule has 7 nitrogen and oxygen atoms in total. The van der Waals surface area contributed by atoms with Crippen LogP contribution in [-0.2, 0) is 4.74 Å². The quantitative estimate of drug-likeness (QED) is 0.688. The summed E-state index contributed by atoms with van der Waals surface area (Å²) in [4.78, 5) is 25.3. The number of aromatic amines is 1. The fourth-order valence-corrected chi connectivity index (χ4v) is 2.09. The number of aromatic nitrogens is 2. The number of nitrogens with one attached hydrogen (secondary N) is 1. The minimum Gasteiger partial charge on any atom is -0.394 e. The Bertz CT molecular complexity index is 593. The second-order valence-electron chi connectivity index (χ2n) is 4.16. The monoisotopic (exact) mass is 288 g/mol. The van der Waals surface area contributed by atoms with Crippen LogP contribution in [-0.4, -0.2) is 38.6 Å². The van der Waals surface area contributed by atoms with Crippen molar-refractivity contribution in [3.05, 3.63) is 38.1 Å². The highest BCUT2D eigenvalue weighted by Gasteiger charge is 2.35. The lowest BCUT2D eigenvalue weighted by Gasteiger charge is -2.14. The molecular weight excluding hydrogens is 276 g/mol. The summed E-state index contributed by atoms with van der Waals surface area (Å²) < 4.78 is 6.51. The molecule has 19 heavy (non-hydrogen) atoms. The van der Waals surface area contributed by atoms with Crippen LogP contribution in [0.15, 0.2) is 21.3 Å². The molecule has 1 aromatic rings. The largest absolute Gasteiger partial charge is 0.394 e. The number of ether oxygens (including phenoxy) is 1. The molecule has 3 atom stereocenters. The maximum atomic E-state index is 11.7. The van der Waals surface area contributed by atoms with Crippen LogP contribution in [0.4, 0.5) is 0 Å².